The molecule has 0 bridgehead atoms. The van der Waals surface area contributed by atoms with E-state index in [4.69, 9.17) is 0 Å². The summed E-state index contributed by atoms with van der Waals surface area (Å²) in [5.74, 6) is 0.622. The Kier molecular flexibility index (Phi) is 3.54. The van der Waals surface area contributed by atoms with Crippen LogP contribution in [0.5, 0.6) is 0 Å². The van der Waals surface area contributed by atoms with Gasteiger partial charge in [-0.2, -0.15) is 0 Å². The lowest BCUT2D eigenvalue weighted by atomic mass is 9.89. The maximum Gasteiger partial charge on any atom is 0.152 e. The highest BCUT2D eigenvalue weighted by molar-refractivity contribution is 7.91. The molecule has 0 aromatic heterocycles. The molecule has 2 N–H and O–H groups in total. The van der Waals surface area contributed by atoms with Gasteiger partial charge in [0, 0.05) is 17.6 Å². The number of piperidine rings is 1. The lowest BCUT2D eigenvalue weighted by Gasteiger charge is -2.38. The number of sulfone groups is 1. The molecule has 4 nitrogen and oxygen atoms in total. The Labute approximate surface area is 104 Å². The summed E-state index contributed by atoms with van der Waals surface area (Å²) < 4.78 is 23.0. The zero-order chi connectivity index (χ0) is 12.6. The lowest BCUT2D eigenvalue weighted by molar-refractivity contribution is 0.239. The zero-order valence-electron chi connectivity index (χ0n) is 10.9. The van der Waals surface area contributed by atoms with E-state index in [1.807, 2.05) is 6.92 Å². The van der Waals surface area contributed by atoms with E-state index in [0.717, 1.165) is 19.5 Å². The zero-order valence-corrected chi connectivity index (χ0v) is 11.7. The Bertz CT molecular complexity index is 374. The van der Waals surface area contributed by atoms with Crippen molar-refractivity contribution in [3.05, 3.63) is 0 Å². The first-order valence-corrected chi connectivity index (χ1v) is 8.35. The predicted molar refractivity (Wildman–Crippen MR) is 69.9 cm³/mol. The molecular weight excluding hydrogens is 236 g/mol. The first-order chi connectivity index (χ1) is 7.83. The fourth-order valence-electron chi connectivity index (χ4n) is 2.83. The minimum atomic E-state index is -2.81. The van der Waals surface area contributed by atoms with Gasteiger partial charge in [-0.25, -0.2) is 8.42 Å². The van der Waals surface area contributed by atoms with Gasteiger partial charge in [0.2, 0.25) is 0 Å². The molecule has 2 fully saturated rings. The van der Waals surface area contributed by atoms with Crippen molar-refractivity contribution in [2.45, 2.75) is 50.6 Å². The molecule has 0 spiro atoms. The summed E-state index contributed by atoms with van der Waals surface area (Å²) >= 11 is 0. The van der Waals surface area contributed by atoms with E-state index in [-0.39, 0.29) is 16.8 Å². The van der Waals surface area contributed by atoms with Crippen molar-refractivity contribution in [3.63, 3.8) is 0 Å². The van der Waals surface area contributed by atoms with Crippen molar-refractivity contribution in [2.75, 3.05) is 24.6 Å². The van der Waals surface area contributed by atoms with Gasteiger partial charge in [0.1, 0.15) is 0 Å². The van der Waals surface area contributed by atoms with E-state index < -0.39 is 9.84 Å². The van der Waals surface area contributed by atoms with Crippen molar-refractivity contribution in [2.24, 2.45) is 0 Å². The predicted octanol–water partition coefficient (Wildman–Crippen LogP) is 0.685. The highest BCUT2D eigenvalue weighted by Gasteiger charge is 2.39. The number of rotatable bonds is 3. The third kappa shape index (κ3) is 3.42. The van der Waals surface area contributed by atoms with Crippen molar-refractivity contribution < 1.29 is 8.42 Å². The van der Waals surface area contributed by atoms with Crippen LogP contribution >= 0.6 is 0 Å². The summed E-state index contributed by atoms with van der Waals surface area (Å²) in [4.78, 5) is 0. The van der Waals surface area contributed by atoms with Crippen molar-refractivity contribution >= 4 is 9.84 Å². The second-order valence-electron chi connectivity index (χ2n) is 6.20. The lowest BCUT2D eigenvalue weighted by Crippen LogP contribution is -2.57. The van der Waals surface area contributed by atoms with Gasteiger partial charge in [-0.15, -0.1) is 0 Å². The molecule has 0 radical (unpaired) electrons. The maximum absolute atomic E-state index is 11.5. The monoisotopic (exact) mass is 260 g/mol. The second-order valence-corrected chi connectivity index (χ2v) is 8.38. The van der Waals surface area contributed by atoms with Crippen LogP contribution in [0.2, 0.25) is 0 Å². The first-order valence-electron chi connectivity index (χ1n) is 6.53. The van der Waals surface area contributed by atoms with Crippen molar-refractivity contribution in [1.82, 2.24) is 10.6 Å². The standard InChI is InChI=1S/C12H24N2O2S/c1-11(5-3-4-7-13-11)9-14-12(2)6-8-17(15,16)10-12/h13-14H,3-10H2,1-2H3. The quantitative estimate of drug-likeness (QED) is 0.784. The molecule has 2 unspecified atom stereocenters. The van der Waals surface area contributed by atoms with E-state index in [1.165, 1.54) is 19.3 Å². The molecule has 17 heavy (non-hydrogen) atoms. The topological polar surface area (TPSA) is 58.2 Å². The molecule has 2 atom stereocenters. The number of hydrogen-bond donors (Lipinski definition) is 2. The summed E-state index contributed by atoms with van der Waals surface area (Å²) in [6, 6.07) is 0. The second kappa shape index (κ2) is 4.52. The largest absolute Gasteiger partial charge is 0.310 e. The molecule has 2 heterocycles. The smallest absolute Gasteiger partial charge is 0.152 e. The van der Waals surface area contributed by atoms with Gasteiger partial charge in [-0.1, -0.05) is 6.42 Å². The minimum absolute atomic E-state index is 0.133. The third-order valence-electron chi connectivity index (χ3n) is 4.12. The van der Waals surface area contributed by atoms with Crippen LogP contribution in [0, 0.1) is 0 Å². The van der Waals surface area contributed by atoms with E-state index in [9.17, 15) is 8.42 Å². The summed E-state index contributed by atoms with van der Waals surface area (Å²) in [7, 11) is -2.81. The Morgan fingerprint density at radius 2 is 2.00 bits per heavy atom. The third-order valence-corrected chi connectivity index (χ3v) is 6.02. The van der Waals surface area contributed by atoms with Gasteiger partial charge in [-0.05, 0) is 39.7 Å². The van der Waals surface area contributed by atoms with Crippen LogP contribution in [0.15, 0.2) is 0 Å². The molecule has 2 rings (SSSR count). The first kappa shape index (κ1) is 13.3. The van der Waals surface area contributed by atoms with Crippen LogP contribution in [0.1, 0.15) is 39.5 Å². The van der Waals surface area contributed by atoms with Gasteiger partial charge < -0.3 is 10.6 Å². The summed E-state index contributed by atoms with van der Waals surface area (Å²) in [6.45, 7) is 6.20. The average Bonchev–Trinajstić information content (AvgIpc) is 2.53. The highest BCUT2D eigenvalue weighted by Crippen LogP contribution is 2.25. The molecule has 0 saturated carbocycles. The molecule has 0 aromatic rings. The molecule has 2 aliphatic heterocycles. The van der Waals surface area contributed by atoms with E-state index >= 15 is 0 Å². The van der Waals surface area contributed by atoms with Crippen LogP contribution in [0.25, 0.3) is 0 Å². The van der Waals surface area contributed by atoms with Crippen LogP contribution < -0.4 is 10.6 Å². The highest BCUT2D eigenvalue weighted by atomic mass is 32.2. The SMILES string of the molecule is CC1(CNC2(C)CCS(=O)(=O)C2)CCCCN1. The fraction of sp³-hybridized carbons (Fsp3) is 1.00. The normalized spacial score (nSPS) is 41.5. The van der Waals surface area contributed by atoms with Gasteiger partial charge in [0.25, 0.3) is 0 Å². The van der Waals surface area contributed by atoms with Gasteiger partial charge >= 0.3 is 0 Å². The van der Waals surface area contributed by atoms with Gasteiger partial charge in [0.05, 0.1) is 11.5 Å². The van der Waals surface area contributed by atoms with E-state index in [1.54, 1.807) is 0 Å². The van der Waals surface area contributed by atoms with Gasteiger partial charge in [-0.3, -0.25) is 0 Å². The van der Waals surface area contributed by atoms with E-state index in [2.05, 4.69) is 17.6 Å². The average molecular weight is 260 g/mol. The molecule has 0 amide bonds. The Morgan fingerprint density at radius 3 is 2.53 bits per heavy atom. The summed E-state index contributed by atoms with van der Waals surface area (Å²) in [5, 5.41) is 7.03. The summed E-state index contributed by atoms with van der Waals surface area (Å²) in [6.07, 6.45) is 4.43. The molecule has 100 valence electrons. The Balaban J connectivity index is 1.89. The molecule has 2 aliphatic rings. The molecular formula is C12H24N2O2S. The molecule has 0 aromatic carbocycles. The summed E-state index contributed by atoms with van der Waals surface area (Å²) in [5.41, 5.74) is -0.0887. The minimum Gasteiger partial charge on any atom is -0.310 e. The molecule has 0 aliphatic carbocycles. The Hall–Kier alpha value is -0.130. The van der Waals surface area contributed by atoms with E-state index in [0.29, 0.717) is 5.75 Å². The van der Waals surface area contributed by atoms with Crippen LogP contribution in [0.4, 0.5) is 0 Å². The van der Waals surface area contributed by atoms with Crippen LogP contribution in [-0.4, -0.2) is 44.1 Å². The van der Waals surface area contributed by atoms with Crippen molar-refractivity contribution in [1.29, 1.82) is 0 Å². The number of hydrogen-bond acceptors (Lipinski definition) is 4. The number of nitrogens with one attached hydrogen (secondary N) is 2. The van der Waals surface area contributed by atoms with Crippen molar-refractivity contribution in [3.8, 4) is 0 Å². The molecule has 5 heteroatoms. The van der Waals surface area contributed by atoms with Crippen LogP contribution in [-0.2, 0) is 9.84 Å². The Morgan fingerprint density at radius 1 is 1.24 bits per heavy atom. The maximum atomic E-state index is 11.5. The van der Waals surface area contributed by atoms with Crippen LogP contribution in [0.3, 0.4) is 0 Å². The fourth-order valence-corrected chi connectivity index (χ4v) is 4.95. The van der Waals surface area contributed by atoms with Gasteiger partial charge in [0.15, 0.2) is 9.84 Å². The molecule has 2 saturated heterocycles.